The van der Waals surface area contributed by atoms with Gasteiger partial charge in [0.25, 0.3) is 0 Å². The molecule has 2 rings (SSSR count). The topological polar surface area (TPSA) is 55.9 Å². The van der Waals surface area contributed by atoms with E-state index in [1.807, 2.05) is 24.0 Å². The molecule has 0 saturated carbocycles. The molecule has 0 aliphatic rings. The van der Waals surface area contributed by atoms with Gasteiger partial charge in [-0.1, -0.05) is 27.7 Å². The van der Waals surface area contributed by atoms with Crippen molar-refractivity contribution in [2.75, 3.05) is 0 Å². The predicted octanol–water partition coefficient (Wildman–Crippen LogP) is 2.41. The number of imidazole rings is 1. The van der Waals surface area contributed by atoms with Gasteiger partial charge in [0.05, 0.1) is 5.69 Å². The fraction of sp³-hybridized carbons (Fsp3) is 0.600. The van der Waals surface area contributed by atoms with E-state index in [9.17, 15) is 5.11 Å². The van der Waals surface area contributed by atoms with Crippen LogP contribution in [-0.2, 0) is 19.0 Å². The van der Waals surface area contributed by atoms with Crippen molar-refractivity contribution < 1.29 is 5.11 Å². The second-order valence-electron chi connectivity index (χ2n) is 6.24. The van der Waals surface area contributed by atoms with Gasteiger partial charge in [-0.3, -0.25) is 4.68 Å². The molecule has 0 aliphatic heterocycles. The van der Waals surface area contributed by atoms with Crippen LogP contribution in [0.3, 0.4) is 0 Å². The largest absolute Gasteiger partial charge is 0.380 e. The molecule has 0 bridgehead atoms. The minimum Gasteiger partial charge on any atom is -0.380 e. The van der Waals surface area contributed by atoms with Crippen LogP contribution < -0.4 is 0 Å². The van der Waals surface area contributed by atoms with E-state index in [1.165, 1.54) is 0 Å². The lowest BCUT2D eigenvalue weighted by Gasteiger charge is -2.20. The summed E-state index contributed by atoms with van der Waals surface area (Å²) in [5, 5.41) is 15.2. The molecule has 0 amide bonds. The quantitative estimate of drug-likeness (QED) is 0.933. The average Bonchev–Trinajstić information content (AvgIpc) is 2.94. The van der Waals surface area contributed by atoms with Gasteiger partial charge in [0.2, 0.25) is 0 Å². The van der Waals surface area contributed by atoms with Gasteiger partial charge in [-0.05, 0) is 6.42 Å². The second kappa shape index (κ2) is 5.40. The molecule has 0 fully saturated rings. The zero-order chi connectivity index (χ0) is 14.9. The van der Waals surface area contributed by atoms with E-state index in [1.54, 1.807) is 10.9 Å². The molecule has 5 heteroatoms. The highest BCUT2D eigenvalue weighted by Crippen LogP contribution is 2.31. The van der Waals surface area contributed by atoms with Crippen molar-refractivity contribution in [2.24, 2.45) is 7.05 Å². The van der Waals surface area contributed by atoms with Gasteiger partial charge in [0.1, 0.15) is 11.9 Å². The predicted molar refractivity (Wildman–Crippen MR) is 78.5 cm³/mol. The third-order valence-corrected chi connectivity index (χ3v) is 3.32. The van der Waals surface area contributed by atoms with Crippen LogP contribution in [-0.4, -0.2) is 24.4 Å². The molecule has 2 aromatic heterocycles. The van der Waals surface area contributed by atoms with E-state index >= 15 is 0 Å². The molecule has 0 aromatic carbocycles. The summed E-state index contributed by atoms with van der Waals surface area (Å²) in [6.45, 7) is 9.27. The molecule has 0 aliphatic carbocycles. The first-order valence-electron chi connectivity index (χ1n) is 7.07. The summed E-state index contributed by atoms with van der Waals surface area (Å²) in [6.07, 6.45) is 5.81. The lowest BCUT2D eigenvalue weighted by molar-refractivity contribution is 0.201. The number of aryl methyl sites for hydroxylation is 2. The molecule has 2 aromatic rings. The average molecular weight is 276 g/mol. The lowest BCUT2D eigenvalue weighted by atomic mass is 9.88. The fourth-order valence-electron chi connectivity index (χ4n) is 2.43. The Kier molecular flexibility index (Phi) is 3.99. The van der Waals surface area contributed by atoms with Crippen molar-refractivity contribution >= 4 is 0 Å². The van der Waals surface area contributed by atoms with Crippen LogP contribution >= 0.6 is 0 Å². The lowest BCUT2D eigenvalue weighted by Crippen LogP contribution is -2.18. The number of aliphatic hydroxyl groups excluding tert-OH is 1. The smallest absolute Gasteiger partial charge is 0.142 e. The van der Waals surface area contributed by atoms with Crippen LogP contribution in [0.15, 0.2) is 18.6 Å². The molecular formula is C15H24N4O. The van der Waals surface area contributed by atoms with E-state index in [4.69, 9.17) is 0 Å². The van der Waals surface area contributed by atoms with Gasteiger partial charge >= 0.3 is 0 Å². The van der Waals surface area contributed by atoms with Crippen molar-refractivity contribution in [2.45, 2.75) is 52.2 Å². The van der Waals surface area contributed by atoms with Gasteiger partial charge in [0, 0.05) is 43.2 Å². The highest BCUT2D eigenvalue weighted by Gasteiger charge is 2.28. The van der Waals surface area contributed by atoms with E-state index in [2.05, 4.69) is 37.8 Å². The van der Waals surface area contributed by atoms with Crippen LogP contribution in [0.1, 0.15) is 57.3 Å². The Morgan fingerprint density at radius 3 is 2.65 bits per heavy atom. The first-order valence-corrected chi connectivity index (χ1v) is 7.07. The third-order valence-electron chi connectivity index (χ3n) is 3.32. The van der Waals surface area contributed by atoms with E-state index in [0.717, 1.165) is 24.2 Å². The molecule has 2 heterocycles. The minimum atomic E-state index is -0.737. The minimum absolute atomic E-state index is 0.111. The third kappa shape index (κ3) is 2.77. The van der Waals surface area contributed by atoms with E-state index in [0.29, 0.717) is 5.82 Å². The Labute approximate surface area is 120 Å². The zero-order valence-corrected chi connectivity index (χ0v) is 13.0. The van der Waals surface area contributed by atoms with E-state index in [-0.39, 0.29) is 5.41 Å². The normalized spacial score (nSPS) is 13.7. The molecule has 0 saturated heterocycles. The Morgan fingerprint density at radius 2 is 2.05 bits per heavy atom. The van der Waals surface area contributed by atoms with Gasteiger partial charge in [-0.25, -0.2) is 4.98 Å². The van der Waals surface area contributed by atoms with Gasteiger partial charge in [0.15, 0.2) is 0 Å². The van der Waals surface area contributed by atoms with Crippen molar-refractivity contribution in [3.63, 3.8) is 0 Å². The summed E-state index contributed by atoms with van der Waals surface area (Å²) < 4.78 is 3.76. The number of rotatable bonds is 4. The molecule has 110 valence electrons. The van der Waals surface area contributed by atoms with Crippen LogP contribution in [0, 0.1) is 0 Å². The Balaban J connectivity index is 2.43. The molecule has 0 spiro atoms. The van der Waals surface area contributed by atoms with Gasteiger partial charge < -0.3 is 9.67 Å². The van der Waals surface area contributed by atoms with Crippen LogP contribution in [0.5, 0.6) is 0 Å². The standard InChI is InChI=1S/C15H24N4O/c1-6-8-19-9-7-16-14(19)12(20)11-10-18(5)17-13(11)15(2,3)4/h7,9-10,12,20H,6,8H2,1-5H3. The van der Waals surface area contributed by atoms with Crippen LogP contribution in [0.4, 0.5) is 0 Å². The molecule has 1 unspecified atom stereocenters. The Morgan fingerprint density at radius 1 is 1.35 bits per heavy atom. The number of hydrogen-bond donors (Lipinski definition) is 1. The monoisotopic (exact) mass is 276 g/mol. The SMILES string of the molecule is CCCn1ccnc1C(O)c1cn(C)nc1C(C)(C)C. The molecule has 5 nitrogen and oxygen atoms in total. The second-order valence-corrected chi connectivity index (χ2v) is 6.24. The summed E-state index contributed by atoms with van der Waals surface area (Å²) in [4.78, 5) is 4.32. The number of hydrogen-bond acceptors (Lipinski definition) is 3. The van der Waals surface area contributed by atoms with Gasteiger partial charge in [-0.15, -0.1) is 0 Å². The van der Waals surface area contributed by atoms with Crippen molar-refractivity contribution in [1.29, 1.82) is 0 Å². The summed E-state index contributed by atoms with van der Waals surface area (Å²) in [7, 11) is 1.88. The molecule has 0 radical (unpaired) electrons. The highest BCUT2D eigenvalue weighted by molar-refractivity contribution is 5.30. The summed E-state index contributed by atoms with van der Waals surface area (Å²) in [6, 6.07) is 0. The van der Waals surface area contributed by atoms with Crippen LogP contribution in [0.2, 0.25) is 0 Å². The Hall–Kier alpha value is -1.62. The number of aliphatic hydroxyl groups is 1. The first kappa shape index (κ1) is 14.8. The highest BCUT2D eigenvalue weighted by atomic mass is 16.3. The zero-order valence-electron chi connectivity index (χ0n) is 13.0. The van der Waals surface area contributed by atoms with Gasteiger partial charge in [-0.2, -0.15) is 5.10 Å². The first-order chi connectivity index (χ1) is 9.34. The maximum atomic E-state index is 10.7. The van der Waals surface area contributed by atoms with Crippen molar-refractivity contribution in [3.05, 3.63) is 35.7 Å². The maximum Gasteiger partial charge on any atom is 0.142 e. The molecular weight excluding hydrogens is 252 g/mol. The Bertz CT molecular complexity index is 577. The summed E-state index contributed by atoms with van der Waals surface area (Å²) >= 11 is 0. The van der Waals surface area contributed by atoms with E-state index < -0.39 is 6.10 Å². The molecule has 1 N–H and O–H groups in total. The summed E-state index contributed by atoms with van der Waals surface area (Å²) in [5.74, 6) is 0.686. The molecule has 20 heavy (non-hydrogen) atoms. The molecule has 1 atom stereocenters. The van der Waals surface area contributed by atoms with Crippen molar-refractivity contribution in [1.82, 2.24) is 19.3 Å². The van der Waals surface area contributed by atoms with Crippen LogP contribution in [0.25, 0.3) is 0 Å². The summed E-state index contributed by atoms with van der Waals surface area (Å²) in [5.41, 5.74) is 1.64. The van der Waals surface area contributed by atoms with Crippen molar-refractivity contribution in [3.8, 4) is 0 Å². The number of aromatic nitrogens is 4. The maximum absolute atomic E-state index is 10.7. The fourth-order valence-corrected chi connectivity index (χ4v) is 2.43. The number of nitrogens with zero attached hydrogens (tertiary/aromatic N) is 4.